The fourth-order valence-electron chi connectivity index (χ4n) is 9.34. The van der Waals surface area contributed by atoms with Crippen LogP contribution in [0.25, 0.3) is 0 Å². The van der Waals surface area contributed by atoms with Crippen LogP contribution in [0.1, 0.15) is 57.8 Å². The van der Waals surface area contributed by atoms with Crippen LogP contribution in [-0.2, 0) is 0 Å². The van der Waals surface area contributed by atoms with Gasteiger partial charge in [0.1, 0.15) is 0 Å². The number of rotatable bonds is 4. The first-order chi connectivity index (χ1) is 10.3. The van der Waals surface area contributed by atoms with Gasteiger partial charge in [0.15, 0.2) is 0 Å². The highest BCUT2D eigenvalue weighted by Gasteiger charge is 2.78. The molecule has 5 saturated carbocycles. The third-order valence-electron chi connectivity index (χ3n) is 9.21. The summed E-state index contributed by atoms with van der Waals surface area (Å²) in [7, 11) is 0. The van der Waals surface area contributed by atoms with Crippen LogP contribution in [0.3, 0.4) is 0 Å². The fourth-order valence-corrected chi connectivity index (χ4v) is 9.34. The molecular formula is C19H30O2. The third-order valence-corrected chi connectivity index (χ3v) is 9.21. The normalized spacial score (nSPS) is 59.7. The molecule has 2 heteroatoms. The Labute approximate surface area is 128 Å². The minimum absolute atomic E-state index is 0.368. The SMILES string of the molecule is OCCC12CC(C3CCCC31)C1C3CCC(C3)C12CCO. The molecule has 8 unspecified atom stereocenters. The predicted molar refractivity (Wildman–Crippen MR) is 81.5 cm³/mol. The van der Waals surface area contributed by atoms with Gasteiger partial charge in [-0.2, -0.15) is 0 Å². The van der Waals surface area contributed by atoms with Gasteiger partial charge >= 0.3 is 0 Å². The van der Waals surface area contributed by atoms with Crippen LogP contribution in [-0.4, -0.2) is 23.4 Å². The van der Waals surface area contributed by atoms with Gasteiger partial charge in [0.2, 0.25) is 0 Å². The quantitative estimate of drug-likeness (QED) is 0.781. The lowest BCUT2D eigenvalue weighted by molar-refractivity contribution is -0.117. The lowest BCUT2D eigenvalue weighted by atomic mass is 9.46. The minimum Gasteiger partial charge on any atom is -0.396 e. The van der Waals surface area contributed by atoms with Crippen LogP contribution in [0.4, 0.5) is 0 Å². The molecule has 0 spiro atoms. The van der Waals surface area contributed by atoms with Crippen molar-refractivity contribution in [2.45, 2.75) is 57.8 Å². The van der Waals surface area contributed by atoms with E-state index >= 15 is 0 Å². The first kappa shape index (κ1) is 13.4. The number of aliphatic hydroxyl groups excluding tert-OH is 2. The van der Waals surface area contributed by atoms with E-state index in [1.807, 2.05) is 0 Å². The zero-order valence-corrected chi connectivity index (χ0v) is 13.1. The molecule has 0 aromatic rings. The van der Waals surface area contributed by atoms with Crippen LogP contribution >= 0.6 is 0 Å². The van der Waals surface area contributed by atoms with E-state index in [4.69, 9.17) is 0 Å². The van der Waals surface area contributed by atoms with Crippen molar-refractivity contribution in [2.75, 3.05) is 13.2 Å². The molecule has 0 aromatic heterocycles. The predicted octanol–water partition coefficient (Wildman–Crippen LogP) is 3.22. The van der Waals surface area contributed by atoms with Crippen molar-refractivity contribution in [2.24, 2.45) is 46.3 Å². The van der Waals surface area contributed by atoms with Gasteiger partial charge in [0.05, 0.1) is 0 Å². The Balaban J connectivity index is 1.67. The van der Waals surface area contributed by atoms with Gasteiger partial charge in [-0.25, -0.2) is 0 Å². The zero-order valence-electron chi connectivity index (χ0n) is 13.1. The Bertz CT molecular complexity index is 449. The summed E-state index contributed by atoms with van der Waals surface area (Å²) in [6.45, 7) is 0.740. The molecule has 2 nitrogen and oxygen atoms in total. The molecule has 0 amide bonds. The van der Waals surface area contributed by atoms with Crippen molar-refractivity contribution in [3.8, 4) is 0 Å². The standard InChI is InChI=1S/C19H30O2/c20-8-6-18-11-15(14-2-1-3-16(14)18)17-12-4-5-13(10-12)19(17,18)7-9-21/h12-17,20-21H,1-11H2. The van der Waals surface area contributed by atoms with Crippen LogP contribution in [0, 0.1) is 46.3 Å². The Hall–Kier alpha value is -0.0800. The highest BCUT2D eigenvalue weighted by atomic mass is 16.3. The second-order valence-corrected chi connectivity index (χ2v) is 9.01. The van der Waals surface area contributed by atoms with Gasteiger partial charge in [-0.05, 0) is 97.7 Å². The van der Waals surface area contributed by atoms with Gasteiger partial charge in [0.25, 0.3) is 0 Å². The van der Waals surface area contributed by atoms with Crippen molar-refractivity contribution >= 4 is 0 Å². The first-order valence-corrected chi connectivity index (χ1v) is 9.50. The molecule has 0 aliphatic heterocycles. The molecule has 118 valence electrons. The van der Waals surface area contributed by atoms with E-state index in [9.17, 15) is 10.2 Å². The maximum atomic E-state index is 9.89. The third kappa shape index (κ3) is 1.27. The largest absolute Gasteiger partial charge is 0.396 e. The maximum Gasteiger partial charge on any atom is 0.0436 e. The Morgan fingerprint density at radius 2 is 1.76 bits per heavy atom. The van der Waals surface area contributed by atoms with Gasteiger partial charge in [-0.1, -0.05) is 6.42 Å². The highest BCUT2D eigenvalue weighted by molar-refractivity contribution is 5.26. The maximum absolute atomic E-state index is 9.89. The molecule has 21 heavy (non-hydrogen) atoms. The van der Waals surface area contributed by atoms with E-state index in [2.05, 4.69) is 0 Å². The van der Waals surface area contributed by atoms with Crippen molar-refractivity contribution < 1.29 is 10.2 Å². The van der Waals surface area contributed by atoms with Gasteiger partial charge in [-0.15, -0.1) is 0 Å². The van der Waals surface area contributed by atoms with E-state index in [0.717, 1.165) is 48.3 Å². The summed E-state index contributed by atoms with van der Waals surface area (Å²) in [5, 5.41) is 19.8. The summed E-state index contributed by atoms with van der Waals surface area (Å²) in [6.07, 6.45) is 12.1. The average Bonchev–Trinajstić information content (AvgIpc) is 3.22. The Kier molecular flexibility index (Phi) is 2.71. The molecular weight excluding hydrogens is 260 g/mol. The molecule has 0 aromatic carbocycles. The average molecular weight is 290 g/mol. The van der Waals surface area contributed by atoms with E-state index in [0.29, 0.717) is 24.0 Å². The lowest BCUT2D eigenvalue weighted by Gasteiger charge is -2.58. The number of fused-ring (bicyclic) bond motifs is 12. The number of hydrogen-bond acceptors (Lipinski definition) is 2. The number of hydrogen-bond donors (Lipinski definition) is 2. The van der Waals surface area contributed by atoms with Crippen molar-refractivity contribution in [3.63, 3.8) is 0 Å². The summed E-state index contributed by atoms with van der Waals surface area (Å²) in [5.74, 6) is 5.57. The van der Waals surface area contributed by atoms with E-state index in [-0.39, 0.29) is 0 Å². The lowest BCUT2D eigenvalue weighted by Crippen LogP contribution is -2.53. The van der Waals surface area contributed by atoms with Crippen LogP contribution in [0.2, 0.25) is 0 Å². The van der Waals surface area contributed by atoms with E-state index in [1.165, 1.54) is 44.9 Å². The molecule has 0 heterocycles. The molecule has 8 atom stereocenters. The second kappa shape index (κ2) is 4.26. The Morgan fingerprint density at radius 1 is 0.905 bits per heavy atom. The first-order valence-electron chi connectivity index (χ1n) is 9.50. The summed E-state index contributed by atoms with van der Waals surface area (Å²) < 4.78 is 0. The smallest absolute Gasteiger partial charge is 0.0436 e. The molecule has 5 rings (SSSR count). The van der Waals surface area contributed by atoms with Gasteiger partial charge in [-0.3, -0.25) is 0 Å². The monoisotopic (exact) mass is 290 g/mol. The van der Waals surface area contributed by atoms with Crippen LogP contribution in [0.15, 0.2) is 0 Å². The summed E-state index contributed by atoms with van der Waals surface area (Å²) in [4.78, 5) is 0. The van der Waals surface area contributed by atoms with E-state index in [1.54, 1.807) is 0 Å². The minimum atomic E-state index is 0.368. The topological polar surface area (TPSA) is 40.5 Å². The van der Waals surface area contributed by atoms with Crippen molar-refractivity contribution in [1.29, 1.82) is 0 Å². The summed E-state index contributed by atoms with van der Waals surface area (Å²) >= 11 is 0. The summed E-state index contributed by atoms with van der Waals surface area (Å²) in [5.41, 5.74) is 0.824. The highest BCUT2D eigenvalue weighted by Crippen LogP contribution is 2.84. The molecule has 0 saturated heterocycles. The van der Waals surface area contributed by atoms with Gasteiger partial charge in [0, 0.05) is 13.2 Å². The molecule has 5 fully saturated rings. The zero-order chi connectivity index (χ0) is 14.2. The van der Waals surface area contributed by atoms with Crippen LogP contribution in [0.5, 0.6) is 0 Å². The molecule has 5 aliphatic rings. The Morgan fingerprint density at radius 3 is 2.57 bits per heavy atom. The fraction of sp³-hybridized carbons (Fsp3) is 1.00. The molecule has 4 bridgehead atoms. The number of aliphatic hydroxyl groups is 2. The molecule has 5 aliphatic carbocycles. The second-order valence-electron chi connectivity index (χ2n) is 9.01. The summed E-state index contributed by atoms with van der Waals surface area (Å²) in [6, 6.07) is 0. The van der Waals surface area contributed by atoms with Gasteiger partial charge < -0.3 is 10.2 Å². The van der Waals surface area contributed by atoms with Crippen molar-refractivity contribution in [3.05, 3.63) is 0 Å². The van der Waals surface area contributed by atoms with Crippen LogP contribution < -0.4 is 0 Å². The molecule has 0 radical (unpaired) electrons. The molecule has 2 N–H and O–H groups in total. The van der Waals surface area contributed by atoms with E-state index < -0.39 is 0 Å². The van der Waals surface area contributed by atoms with Crippen molar-refractivity contribution in [1.82, 2.24) is 0 Å².